The molecule has 8 heteroatoms. The van der Waals surface area contributed by atoms with Crippen LogP contribution in [-0.4, -0.2) is 65.5 Å². The van der Waals surface area contributed by atoms with Crippen LogP contribution in [-0.2, 0) is 27.1 Å². The Bertz CT molecular complexity index is 1130. The van der Waals surface area contributed by atoms with Gasteiger partial charge in [0, 0.05) is 37.9 Å². The first kappa shape index (κ1) is 27.0. The highest BCUT2D eigenvalue weighted by Crippen LogP contribution is 2.41. The topological polar surface area (TPSA) is 83.9 Å². The summed E-state index contributed by atoms with van der Waals surface area (Å²) in [5.74, 6) is -0.261. The van der Waals surface area contributed by atoms with Gasteiger partial charge in [-0.15, -0.1) is 0 Å². The van der Waals surface area contributed by atoms with Crippen LogP contribution in [0.25, 0.3) is 0 Å². The van der Waals surface area contributed by atoms with Crippen LogP contribution in [0.1, 0.15) is 80.3 Å². The third-order valence-corrected chi connectivity index (χ3v) is 8.05. The summed E-state index contributed by atoms with van der Waals surface area (Å²) in [6, 6.07) is 8.01. The van der Waals surface area contributed by atoms with Crippen molar-refractivity contribution in [1.82, 2.24) is 9.88 Å². The molecule has 2 saturated heterocycles. The highest BCUT2D eigenvalue weighted by Gasteiger charge is 2.41. The number of carbonyl (C=O) groups is 1. The lowest BCUT2D eigenvalue weighted by molar-refractivity contribution is -0.151. The zero-order valence-corrected chi connectivity index (χ0v) is 22.5. The number of benzene rings is 1. The van der Waals surface area contributed by atoms with Crippen molar-refractivity contribution in [2.75, 3.05) is 38.2 Å². The number of aryl methyl sites for hydroxylation is 2. The highest BCUT2D eigenvalue weighted by molar-refractivity contribution is 5.76. The van der Waals surface area contributed by atoms with Crippen molar-refractivity contribution in [1.29, 1.82) is 0 Å². The Labute approximate surface area is 224 Å². The van der Waals surface area contributed by atoms with Crippen molar-refractivity contribution in [3.05, 3.63) is 58.5 Å². The molecule has 5 rings (SSSR count). The normalized spacial score (nSPS) is 21.9. The highest BCUT2D eigenvalue weighted by atomic mass is 19.1. The van der Waals surface area contributed by atoms with Gasteiger partial charge < -0.3 is 19.9 Å². The van der Waals surface area contributed by atoms with Crippen molar-refractivity contribution in [3.63, 3.8) is 0 Å². The van der Waals surface area contributed by atoms with E-state index in [1.165, 1.54) is 24.1 Å². The summed E-state index contributed by atoms with van der Waals surface area (Å²) in [5, 5.41) is 13.5. The second-order valence-corrected chi connectivity index (χ2v) is 11.6. The third kappa shape index (κ3) is 6.35. The Morgan fingerprint density at radius 1 is 1.26 bits per heavy atom. The molecule has 0 amide bonds. The number of fused-ring (bicyclic) bond motifs is 1. The van der Waals surface area contributed by atoms with E-state index in [9.17, 15) is 14.3 Å². The van der Waals surface area contributed by atoms with E-state index in [0.29, 0.717) is 31.9 Å². The molecule has 2 N–H and O–H groups in total. The van der Waals surface area contributed by atoms with Crippen molar-refractivity contribution in [2.45, 2.75) is 82.5 Å². The molecule has 2 fully saturated rings. The first-order chi connectivity index (χ1) is 18.3. The number of halogens is 1. The third-order valence-electron chi connectivity index (χ3n) is 8.05. The van der Waals surface area contributed by atoms with E-state index in [-0.39, 0.29) is 17.6 Å². The lowest BCUT2D eigenvalue weighted by Crippen LogP contribution is -2.55. The average Bonchev–Trinajstić information content (AvgIpc) is 3.23. The second kappa shape index (κ2) is 11.7. The summed E-state index contributed by atoms with van der Waals surface area (Å²) in [7, 11) is 0. The Morgan fingerprint density at radius 3 is 2.87 bits per heavy atom. The maximum atomic E-state index is 14.2. The van der Waals surface area contributed by atoms with Gasteiger partial charge in [-0.25, -0.2) is 9.37 Å². The number of likely N-dealkylation sites (tertiary alicyclic amines) is 1. The largest absolute Gasteiger partial charge is 0.480 e. The lowest BCUT2D eigenvalue weighted by Gasteiger charge is -2.43. The molecule has 2 atom stereocenters. The maximum Gasteiger partial charge on any atom is 0.325 e. The van der Waals surface area contributed by atoms with E-state index >= 15 is 0 Å². The fourth-order valence-corrected chi connectivity index (χ4v) is 6.01. The van der Waals surface area contributed by atoms with Gasteiger partial charge in [0.2, 0.25) is 0 Å². The smallest absolute Gasteiger partial charge is 0.325 e. The lowest BCUT2D eigenvalue weighted by atomic mass is 9.85. The Hall–Kier alpha value is -2.55. The van der Waals surface area contributed by atoms with Gasteiger partial charge in [-0.3, -0.25) is 9.69 Å². The van der Waals surface area contributed by atoms with Crippen molar-refractivity contribution in [3.8, 4) is 0 Å². The number of carboxylic acids is 1. The summed E-state index contributed by atoms with van der Waals surface area (Å²) in [4.78, 5) is 19.0. The summed E-state index contributed by atoms with van der Waals surface area (Å²) in [6.45, 7) is 7.31. The molecular formula is C30H40FN3O4. The molecule has 2 aromatic rings. The summed E-state index contributed by atoms with van der Waals surface area (Å²) in [6.07, 6.45) is 7.13. The molecule has 206 valence electrons. The zero-order chi connectivity index (χ0) is 26.7. The number of nitrogens with one attached hydrogen (secondary N) is 1. The fourth-order valence-electron chi connectivity index (χ4n) is 6.01. The number of rotatable bonds is 11. The number of hydrogen-bond donors (Lipinski definition) is 2. The van der Waals surface area contributed by atoms with Crippen molar-refractivity contribution in [2.24, 2.45) is 0 Å². The molecule has 2 unspecified atom stereocenters. The molecule has 0 bridgehead atoms. The Kier molecular flexibility index (Phi) is 8.31. The standard InChI is InChI=1S/C30H40FN3O4/c1-30(2)16-21(19-38-30)25-12-10-22(31)15-26(25)27(29(35)36)34-17-24(18-34)37-14-5-3-4-8-23-11-9-20-7-6-13-32-28(20)33-23/h9-12,15,21,24,27H,3-8,13-14,16-19H2,1-2H3,(H,32,33)(H,35,36). The second-order valence-electron chi connectivity index (χ2n) is 11.6. The number of pyridine rings is 1. The molecule has 3 aliphatic heterocycles. The fraction of sp³-hybridized carbons (Fsp3) is 0.600. The van der Waals surface area contributed by atoms with Crippen LogP contribution in [0.5, 0.6) is 0 Å². The quantitative estimate of drug-likeness (QED) is 0.395. The molecule has 1 aromatic carbocycles. The molecule has 38 heavy (non-hydrogen) atoms. The van der Waals surface area contributed by atoms with Gasteiger partial charge >= 0.3 is 5.97 Å². The van der Waals surface area contributed by atoms with Gasteiger partial charge in [0.05, 0.1) is 18.3 Å². The van der Waals surface area contributed by atoms with Crippen LogP contribution < -0.4 is 5.32 Å². The number of carboxylic acid groups (broad SMARTS) is 1. The van der Waals surface area contributed by atoms with Crippen LogP contribution in [0.2, 0.25) is 0 Å². The minimum absolute atomic E-state index is 0.0102. The number of hydrogen-bond acceptors (Lipinski definition) is 6. The van der Waals surface area contributed by atoms with Crippen molar-refractivity contribution < 1.29 is 23.8 Å². The maximum absolute atomic E-state index is 14.2. The van der Waals surface area contributed by atoms with Crippen LogP contribution in [0.4, 0.5) is 10.2 Å². The number of aromatic nitrogens is 1. The van der Waals surface area contributed by atoms with E-state index in [1.807, 2.05) is 18.7 Å². The molecule has 3 aliphatic rings. The van der Waals surface area contributed by atoms with Gasteiger partial charge in [-0.2, -0.15) is 0 Å². The first-order valence-electron chi connectivity index (χ1n) is 14.0. The molecule has 0 radical (unpaired) electrons. The van der Waals surface area contributed by atoms with Gasteiger partial charge in [-0.1, -0.05) is 18.6 Å². The predicted octanol–water partition coefficient (Wildman–Crippen LogP) is 5.10. The summed E-state index contributed by atoms with van der Waals surface area (Å²) >= 11 is 0. The molecule has 7 nitrogen and oxygen atoms in total. The zero-order valence-electron chi connectivity index (χ0n) is 22.5. The van der Waals surface area contributed by atoms with Gasteiger partial charge in [-0.05, 0) is 87.3 Å². The molecular weight excluding hydrogens is 485 g/mol. The number of ether oxygens (including phenoxy) is 2. The Morgan fingerprint density at radius 2 is 2.11 bits per heavy atom. The number of aliphatic carboxylic acids is 1. The molecule has 1 aromatic heterocycles. The molecule has 0 spiro atoms. The van der Waals surface area contributed by atoms with Gasteiger partial charge in [0.15, 0.2) is 0 Å². The number of unbranched alkanes of at least 4 members (excludes halogenated alkanes) is 2. The van der Waals surface area contributed by atoms with E-state index in [4.69, 9.17) is 14.5 Å². The minimum Gasteiger partial charge on any atom is -0.480 e. The monoisotopic (exact) mass is 525 g/mol. The summed E-state index contributed by atoms with van der Waals surface area (Å²) < 4.78 is 26.2. The van der Waals surface area contributed by atoms with Gasteiger partial charge in [0.25, 0.3) is 0 Å². The van der Waals surface area contributed by atoms with E-state index in [0.717, 1.165) is 62.1 Å². The van der Waals surface area contributed by atoms with Crippen LogP contribution in [0.3, 0.4) is 0 Å². The first-order valence-corrected chi connectivity index (χ1v) is 14.0. The van der Waals surface area contributed by atoms with Crippen LogP contribution in [0, 0.1) is 5.82 Å². The van der Waals surface area contributed by atoms with E-state index in [2.05, 4.69) is 17.4 Å². The predicted molar refractivity (Wildman–Crippen MR) is 144 cm³/mol. The minimum atomic E-state index is -0.959. The number of nitrogens with zero attached hydrogens (tertiary/aromatic N) is 2. The average molecular weight is 526 g/mol. The molecule has 0 aliphatic carbocycles. The van der Waals surface area contributed by atoms with Crippen LogP contribution in [0.15, 0.2) is 30.3 Å². The molecule has 0 saturated carbocycles. The van der Waals surface area contributed by atoms with Crippen molar-refractivity contribution >= 4 is 11.8 Å². The van der Waals surface area contributed by atoms with E-state index < -0.39 is 17.8 Å². The molecule has 4 heterocycles. The van der Waals surface area contributed by atoms with E-state index in [1.54, 1.807) is 6.07 Å². The number of anilines is 1. The van der Waals surface area contributed by atoms with Crippen LogP contribution >= 0.6 is 0 Å². The summed E-state index contributed by atoms with van der Waals surface area (Å²) in [5.41, 5.74) is 3.60. The Balaban J connectivity index is 1.07. The van der Waals surface area contributed by atoms with Gasteiger partial charge in [0.1, 0.15) is 17.7 Å². The SMILES string of the molecule is CC1(C)CC(c2ccc(F)cc2C(C(=O)O)N2CC(OCCCCCc3ccc4c(n3)NCCC4)C2)CO1.